The zero-order chi connectivity index (χ0) is 25.0. The Balaban J connectivity index is 1.54. The molecule has 180 valence electrons. The fourth-order valence-electron chi connectivity index (χ4n) is 4.36. The highest BCUT2D eigenvalue weighted by molar-refractivity contribution is 7.22. The lowest BCUT2D eigenvalue weighted by Gasteiger charge is -2.23. The van der Waals surface area contributed by atoms with Crippen molar-refractivity contribution in [1.29, 1.82) is 0 Å². The first kappa shape index (κ1) is 22.8. The minimum atomic E-state index is -0.951. The molecule has 0 radical (unpaired) electrons. The number of nitrogens with zero attached hydrogens (tertiary/aromatic N) is 2. The van der Waals surface area contributed by atoms with Crippen LogP contribution in [0, 0.1) is 0 Å². The molecule has 1 N–H and O–H groups in total. The highest BCUT2D eigenvalue weighted by Crippen LogP contribution is 2.45. The number of carbonyl (C=O) groups is 2. The van der Waals surface area contributed by atoms with Gasteiger partial charge in [-0.3, -0.25) is 14.5 Å². The highest BCUT2D eigenvalue weighted by atomic mass is 35.5. The summed E-state index contributed by atoms with van der Waals surface area (Å²) in [5, 5.41) is 12.6. The van der Waals surface area contributed by atoms with Crippen molar-refractivity contribution in [2.24, 2.45) is 0 Å². The lowest BCUT2D eigenvalue weighted by atomic mass is 9.95. The maximum atomic E-state index is 13.4. The summed E-state index contributed by atoms with van der Waals surface area (Å²) < 4.78 is 11.9. The number of thiazole rings is 1. The van der Waals surface area contributed by atoms with Gasteiger partial charge in [-0.1, -0.05) is 46.7 Å². The van der Waals surface area contributed by atoms with Crippen LogP contribution in [0.1, 0.15) is 17.2 Å². The number of fused-ring (bicyclic) bond motifs is 2. The number of aromatic nitrogens is 1. The number of ether oxygens (including phenoxy) is 2. The summed E-state index contributed by atoms with van der Waals surface area (Å²) in [6, 6.07) is 15.9. The molecular weight excluding hydrogens is 523 g/mol. The molecule has 7 nitrogen and oxygen atoms in total. The number of carbonyl (C=O) groups excluding carboxylic acids is 2. The van der Waals surface area contributed by atoms with Gasteiger partial charge in [0.25, 0.3) is 5.78 Å². The van der Waals surface area contributed by atoms with E-state index in [2.05, 4.69) is 4.98 Å². The van der Waals surface area contributed by atoms with Gasteiger partial charge < -0.3 is 14.6 Å². The summed E-state index contributed by atoms with van der Waals surface area (Å²) >= 11 is 13.6. The van der Waals surface area contributed by atoms with Gasteiger partial charge in [0.15, 0.2) is 16.6 Å². The topological polar surface area (TPSA) is 89.0 Å². The Kier molecular flexibility index (Phi) is 5.59. The van der Waals surface area contributed by atoms with Crippen LogP contribution < -0.4 is 14.4 Å². The van der Waals surface area contributed by atoms with E-state index in [9.17, 15) is 14.7 Å². The highest BCUT2D eigenvalue weighted by Gasteiger charge is 2.48. The van der Waals surface area contributed by atoms with Crippen LogP contribution in [-0.2, 0) is 9.59 Å². The van der Waals surface area contributed by atoms with Gasteiger partial charge in [0.2, 0.25) is 0 Å². The monoisotopic (exact) mass is 538 g/mol. The molecule has 1 aromatic heterocycles. The quantitative estimate of drug-likeness (QED) is 0.195. The van der Waals surface area contributed by atoms with E-state index in [4.69, 9.17) is 32.7 Å². The number of aliphatic hydroxyl groups excluding tert-OH is 1. The van der Waals surface area contributed by atoms with Crippen LogP contribution in [0.5, 0.6) is 11.5 Å². The Labute approximate surface area is 219 Å². The van der Waals surface area contributed by atoms with E-state index in [1.165, 1.54) is 16.2 Å². The number of halogens is 2. The minimum absolute atomic E-state index is 0.0729. The van der Waals surface area contributed by atoms with Gasteiger partial charge in [0, 0.05) is 15.6 Å². The van der Waals surface area contributed by atoms with Gasteiger partial charge in [-0.05, 0) is 54.1 Å². The molecule has 1 saturated heterocycles. The molecule has 3 heterocycles. The molecule has 1 fully saturated rings. The number of aliphatic hydroxyl groups is 1. The number of hydrogen-bond acceptors (Lipinski definition) is 7. The van der Waals surface area contributed by atoms with Crippen molar-refractivity contribution in [2.45, 2.75) is 6.04 Å². The van der Waals surface area contributed by atoms with Gasteiger partial charge in [0.05, 0.1) is 21.8 Å². The molecule has 10 heteroatoms. The zero-order valence-corrected chi connectivity index (χ0v) is 20.7. The number of benzene rings is 3. The summed E-state index contributed by atoms with van der Waals surface area (Å²) in [5.41, 5.74) is 1.44. The molecule has 1 atom stereocenters. The predicted molar refractivity (Wildman–Crippen MR) is 138 cm³/mol. The third-order valence-corrected chi connectivity index (χ3v) is 7.46. The van der Waals surface area contributed by atoms with Crippen molar-refractivity contribution in [2.75, 3.05) is 18.1 Å². The molecule has 3 aromatic carbocycles. The smallest absolute Gasteiger partial charge is 0.301 e. The van der Waals surface area contributed by atoms with Crippen molar-refractivity contribution >= 4 is 67.3 Å². The van der Waals surface area contributed by atoms with Crippen molar-refractivity contribution in [3.8, 4) is 11.5 Å². The van der Waals surface area contributed by atoms with E-state index in [-0.39, 0.29) is 11.3 Å². The average Bonchev–Trinajstić information content (AvgIpc) is 3.41. The third-order valence-electron chi connectivity index (χ3n) is 5.97. The van der Waals surface area contributed by atoms with E-state index in [1.807, 2.05) is 0 Å². The number of anilines is 1. The lowest BCUT2D eigenvalue weighted by Crippen LogP contribution is -2.29. The Morgan fingerprint density at radius 1 is 0.972 bits per heavy atom. The van der Waals surface area contributed by atoms with E-state index in [0.717, 1.165) is 4.70 Å². The van der Waals surface area contributed by atoms with Crippen molar-refractivity contribution in [3.05, 3.63) is 87.4 Å². The first-order valence-corrected chi connectivity index (χ1v) is 12.5. The van der Waals surface area contributed by atoms with E-state index < -0.39 is 17.7 Å². The molecule has 4 aromatic rings. The first-order chi connectivity index (χ1) is 17.4. The van der Waals surface area contributed by atoms with Gasteiger partial charge in [-0.2, -0.15) is 0 Å². The third kappa shape index (κ3) is 3.78. The van der Waals surface area contributed by atoms with Crippen molar-refractivity contribution in [3.63, 3.8) is 0 Å². The maximum Gasteiger partial charge on any atom is 0.301 e. The normalized spacial score (nSPS) is 18.7. The summed E-state index contributed by atoms with van der Waals surface area (Å²) in [4.78, 5) is 32.7. The standard InChI is InChI=1S/C26H16Cl2N2O5S/c27-15-3-1-2-13(10-15)22-21(23(31)14-4-7-18-19(11-14)35-9-8-34-18)24(32)25(33)30(22)26-29-17-6-5-16(28)12-20(17)36-26/h1-7,10-12,22,31H,8-9H2/b23-21+. The van der Waals surface area contributed by atoms with Crippen LogP contribution in [0.25, 0.3) is 16.0 Å². The van der Waals surface area contributed by atoms with Crippen LogP contribution in [0.15, 0.2) is 66.2 Å². The van der Waals surface area contributed by atoms with Crippen molar-refractivity contribution < 1.29 is 24.2 Å². The van der Waals surface area contributed by atoms with Crippen LogP contribution in [0.2, 0.25) is 10.0 Å². The summed E-state index contributed by atoms with van der Waals surface area (Å²) in [6.45, 7) is 0.789. The van der Waals surface area contributed by atoms with Gasteiger partial charge in [0.1, 0.15) is 19.0 Å². The maximum absolute atomic E-state index is 13.4. The van der Waals surface area contributed by atoms with Crippen LogP contribution >= 0.6 is 34.5 Å². The second-order valence-corrected chi connectivity index (χ2v) is 10.1. The first-order valence-electron chi connectivity index (χ1n) is 10.9. The Morgan fingerprint density at radius 3 is 2.56 bits per heavy atom. The molecule has 2 aliphatic rings. The summed E-state index contributed by atoms with van der Waals surface area (Å²) in [5.74, 6) is -0.976. The Hall–Kier alpha value is -3.59. The molecular formula is C26H16Cl2N2O5S. The number of hydrogen-bond donors (Lipinski definition) is 1. The van der Waals surface area contributed by atoms with E-state index in [1.54, 1.807) is 60.7 Å². The van der Waals surface area contributed by atoms with Crippen molar-refractivity contribution in [1.82, 2.24) is 4.98 Å². The van der Waals surface area contributed by atoms with Crippen LogP contribution in [-0.4, -0.2) is 35.0 Å². The fourth-order valence-corrected chi connectivity index (χ4v) is 5.82. The SMILES string of the molecule is O=C1C(=O)N(c2nc3ccc(Cl)cc3s2)C(c2cccc(Cl)c2)/C1=C(\O)c1ccc2c(c1)OCCO2. The fraction of sp³-hybridized carbons (Fsp3) is 0.115. The molecule has 0 aliphatic carbocycles. The Bertz CT molecular complexity index is 1600. The Morgan fingerprint density at radius 2 is 1.75 bits per heavy atom. The molecule has 36 heavy (non-hydrogen) atoms. The molecule has 0 spiro atoms. The van der Waals surface area contributed by atoms with Gasteiger partial charge >= 0.3 is 5.91 Å². The number of Topliss-reactive ketones (excluding diaryl/α,β-unsaturated/α-hetero) is 1. The zero-order valence-electron chi connectivity index (χ0n) is 18.4. The molecule has 1 unspecified atom stereocenters. The minimum Gasteiger partial charge on any atom is -0.507 e. The van der Waals surface area contributed by atoms with Gasteiger partial charge in [-0.25, -0.2) is 4.98 Å². The number of ketones is 1. The molecule has 1 amide bonds. The lowest BCUT2D eigenvalue weighted by molar-refractivity contribution is -0.132. The second-order valence-electron chi connectivity index (χ2n) is 8.19. The van der Waals surface area contributed by atoms with Crippen LogP contribution in [0.3, 0.4) is 0 Å². The molecule has 0 bridgehead atoms. The second kappa shape index (κ2) is 8.81. The number of rotatable bonds is 3. The number of amides is 1. The van der Waals surface area contributed by atoms with Crippen LogP contribution in [0.4, 0.5) is 5.13 Å². The average molecular weight is 539 g/mol. The molecule has 6 rings (SSSR count). The van der Waals surface area contributed by atoms with Gasteiger partial charge in [-0.15, -0.1) is 0 Å². The summed E-state index contributed by atoms with van der Waals surface area (Å²) in [6.07, 6.45) is 0. The van der Waals surface area contributed by atoms with E-state index in [0.29, 0.717) is 56.5 Å². The molecule has 2 aliphatic heterocycles. The molecule has 0 saturated carbocycles. The summed E-state index contributed by atoms with van der Waals surface area (Å²) in [7, 11) is 0. The van der Waals surface area contributed by atoms with E-state index >= 15 is 0 Å². The largest absolute Gasteiger partial charge is 0.507 e. The predicted octanol–water partition coefficient (Wildman–Crippen LogP) is 6.00.